The Morgan fingerprint density at radius 1 is 0.882 bits per heavy atom. The van der Waals surface area contributed by atoms with Crippen molar-refractivity contribution in [2.24, 2.45) is 0 Å². The second-order valence-corrected chi connectivity index (χ2v) is 3.74. The van der Waals surface area contributed by atoms with Gasteiger partial charge in [-0.1, -0.05) is 54.6 Å². The molecule has 0 aliphatic rings. The van der Waals surface area contributed by atoms with Crippen LogP contribution in [0.4, 0.5) is 0 Å². The van der Waals surface area contributed by atoms with Crippen molar-refractivity contribution in [1.82, 2.24) is 0 Å². The van der Waals surface area contributed by atoms with Crippen LogP contribution in [0, 0.1) is 0 Å². The van der Waals surface area contributed by atoms with Crippen molar-refractivity contribution in [3.05, 3.63) is 71.3 Å². The summed E-state index contributed by atoms with van der Waals surface area (Å²) in [5, 5.41) is 0. The van der Waals surface area contributed by atoms with Gasteiger partial charge in [-0.05, 0) is 11.1 Å². The lowest BCUT2D eigenvalue weighted by Crippen LogP contribution is -1.97. The molecule has 0 bridgehead atoms. The fourth-order valence-corrected chi connectivity index (χ4v) is 1.60. The van der Waals surface area contributed by atoms with Crippen LogP contribution in [-0.2, 0) is 22.7 Å². The number of hydrogen-bond acceptors (Lipinski definition) is 2. The van der Waals surface area contributed by atoms with Gasteiger partial charge in [0, 0.05) is 5.56 Å². The van der Waals surface area contributed by atoms with Crippen LogP contribution in [0.1, 0.15) is 16.7 Å². The summed E-state index contributed by atoms with van der Waals surface area (Å²) in [6, 6.07) is 17.3. The van der Waals surface area contributed by atoms with Crippen molar-refractivity contribution in [3.63, 3.8) is 0 Å². The minimum Gasteiger partial charge on any atom is -0.372 e. The molecule has 2 nitrogen and oxygen atoms in total. The van der Waals surface area contributed by atoms with E-state index in [1.54, 1.807) is 6.07 Å². The zero-order chi connectivity index (χ0) is 11.9. The zero-order valence-corrected chi connectivity index (χ0v) is 9.43. The van der Waals surface area contributed by atoms with Gasteiger partial charge < -0.3 is 4.74 Å². The molecule has 0 amide bonds. The predicted octanol–water partition coefficient (Wildman–Crippen LogP) is 2.86. The van der Waals surface area contributed by atoms with E-state index in [0.29, 0.717) is 18.8 Å². The maximum Gasteiger partial charge on any atom is 0.233 e. The number of rotatable bonds is 5. The second-order valence-electron chi connectivity index (χ2n) is 3.74. The molecule has 0 heterocycles. The molecule has 0 N–H and O–H groups in total. The highest BCUT2D eigenvalue weighted by Crippen LogP contribution is 2.09. The van der Waals surface area contributed by atoms with Gasteiger partial charge >= 0.3 is 0 Å². The first-order valence-corrected chi connectivity index (χ1v) is 5.48. The number of ether oxygens (including phenoxy) is 1. The first kappa shape index (κ1) is 11.6. The van der Waals surface area contributed by atoms with Crippen LogP contribution in [-0.4, -0.2) is 6.29 Å². The number of benzene rings is 2. The molecule has 85 valence electrons. The molecular weight excluding hydrogens is 212 g/mol. The van der Waals surface area contributed by atoms with Gasteiger partial charge in [-0.3, -0.25) is 4.79 Å². The summed E-state index contributed by atoms with van der Waals surface area (Å²) >= 11 is 0. The van der Waals surface area contributed by atoms with Gasteiger partial charge in [0.1, 0.15) is 0 Å². The van der Waals surface area contributed by atoms with E-state index in [9.17, 15) is 4.79 Å². The number of hydrogen-bond donors (Lipinski definition) is 0. The molecule has 2 heteroatoms. The van der Waals surface area contributed by atoms with Crippen LogP contribution >= 0.6 is 0 Å². The van der Waals surface area contributed by atoms with Gasteiger partial charge in [0.25, 0.3) is 0 Å². The molecule has 0 fully saturated rings. The summed E-state index contributed by atoms with van der Waals surface area (Å²) in [4.78, 5) is 10.7. The highest BCUT2D eigenvalue weighted by Gasteiger charge is 2.01. The third-order valence-electron chi connectivity index (χ3n) is 2.50. The molecule has 2 rings (SSSR count). The lowest BCUT2D eigenvalue weighted by Gasteiger charge is -2.06. The zero-order valence-electron chi connectivity index (χ0n) is 9.43. The van der Waals surface area contributed by atoms with Crippen LogP contribution < -0.4 is 0 Å². The molecule has 0 saturated carbocycles. The molecule has 17 heavy (non-hydrogen) atoms. The van der Waals surface area contributed by atoms with Crippen LogP contribution in [0.2, 0.25) is 0 Å². The Labute approximate surface area is 101 Å². The van der Waals surface area contributed by atoms with E-state index in [-0.39, 0.29) is 0 Å². The molecule has 0 saturated heterocycles. The van der Waals surface area contributed by atoms with Crippen molar-refractivity contribution < 1.29 is 9.53 Å². The smallest absolute Gasteiger partial charge is 0.233 e. The van der Waals surface area contributed by atoms with Crippen LogP contribution in [0.3, 0.4) is 0 Å². The van der Waals surface area contributed by atoms with Crippen LogP contribution in [0.15, 0.2) is 54.6 Å². The van der Waals surface area contributed by atoms with E-state index in [1.807, 2.05) is 54.8 Å². The van der Waals surface area contributed by atoms with E-state index in [1.165, 1.54) is 0 Å². The Morgan fingerprint density at radius 3 is 2.35 bits per heavy atom. The summed E-state index contributed by atoms with van der Waals surface area (Å²) in [6.45, 7) is 0.980. The van der Waals surface area contributed by atoms with Crippen molar-refractivity contribution in [1.29, 1.82) is 0 Å². The molecule has 0 aliphatic heterocycles. The molecule has 0 unspecified atom stereocenters. The van der Waals surface area contributed by atoms with Crippen molar-refractivity contribution in [2.75, 3.05) is 0 Å². The van der Waals surface area contributed by atoms with E-state index in [4.69, 9.17) is 4.74 Å². The molecule has 0 aliphatic carbocycles. The minimum atomic E-state index is 0.431. The monoisotopic (exact) mass is 225 g/mol. The van der Waals surface area contributed by atoms with E-state index in [2.05, 4.69) is 0 Å². The van der Waals surface area contributed by atoms with E-state index >= 15 is 0 Å². The molecule has 1 radical (unpaired) electrons. The maximum absolute atomic E-state index is 10.7. The average molecular weight is 225 g/mol. The van der Waals surface area contributed by atoms with Gasteiger partial charge in [0.05, 0.1) is 13.2 Å². The molecular formula is C15H13O2. The summed E-state index contributed by atoms with van der Waals surface area (Å²) in [6.07, 6.45) is 1.91. The Bertz CT molecular complexity index is 477. The fourth-order valence-electron chi connectivity index (χ4n) is 1.60. The third-order valence-corrected chi connectivity index (χ3v) is 2.50. The summed E-state index contributed by atoms with van der Waals surface area (Å²) in [5.41, 5.74) is 2.57. The minimum absolute atomic E-state index is 0.431. The summed E-state index contributed by atoms with van der Waals surface area (Å²) < 4.78 is 5.57. The van der Waals surface area contributed by atoms with Crippen LogP contribution in [0.5, 0.6) is 0 Å². The summed E-state index contributed by atoms with van der Waals surface area (Å²) in [5.74, 6) is 0. The van der Waals surface area contributed by atoms with Gasteiger partial charge in [-0.2, -0.15) is 0 Å². The summed E-state index contributed by atoms with van der Waals surface area (Å²) in [7, 11) is 0. The number of carbonyl (C=O) groups excluding carboxylic acids is 1. The second kappa shape index (κ2) is 5.97. The Hall–Kier alpha value is -1.93. The van der Waals surface area contributed by atoms with Gasteiger partial charge in [0.15, 0.2) is 0 Å². The van der Waals surface area contributed by atoms with Crippen molar-refractivity contribution in [2.45, 2.75) is 13.2 Å². The van der Waals surface area contributed by atoms with Gasteiger partial charge in [-0.25, -0.2) is 0 Å². The largest absolute Gasteiger partial charge is 0.372 e. The quantitative estimate of drug-likeness (QED) is 0.782. The highest BCUT2D eigenvalue weighted by molar-refractivity contribution is 5.77. The fraction of sp³-hybridized carbons (Fsp3) is 0.133. The van der Waals surface area contributed by atoms with Crippen molar-refractivity contribution in [3.8, 4) is 0 Å². The Balaban J connectivity index is 1.92. The third kappa shape index (κ3) is 3.26. The molecule has 2 aromatic rings. The first-order chi connectivity index (χ1) is 8.40. The van der Waals surface area contributed by atoms with Crippen molar-refractivity contribution >= 4 is 6.29 Å². The Morgan fingerprint density at radius 2 is 1.59 bits per heavy atom. The maximum atomic E-state index is 10.7. The Kier molecular flexibility index (Phi) is 4.05. The predicted molar refractivity (Wildman–Crippen MR) is 66.2 cm³/mol. The van der Waals surface area contributed by atoms with E-state index in [0.717, 1.165) is 11.1 Å². The SMILES string of the molecule is O=[C]c1ccccc1COCc1ccccc1. The molecule has 2 aromatic carbocycles. The molecule has 0 atom stereocenters. The standard InChI is InChI=1S/C15H13O2/c16-10-14-8-4-5-9-15(14)12-17-11-13-6-2-1-3-7-13/h1-9H,11-12H2. The van der Waals surface area contributed by atoms with E-state index < -0.39 is 0 Å². The molecule has 0 spiro atoms. The van der Waals surface area contributed by atoms with Gasteiger partial charge in [0.2, 0.25) is 6.29 Å². The highest BCUT2D eigenvalue weighted by atomic mass is 16.5. The normalized spacial score (nSPS) is 10.1. The first-order valence-electron chi connectivity index (χ1n) is 5.48. The van der Waals surface area contributed by atoms with Gasteiger partial charge in [-0.15, -0.1) is 0 Å². The molecule has 0 aromatic heterocycles. The topological polar surface area (TPSA) is 26.3 Å². The lowest BCUT2D eigenvalue weighted by molar-refractivity contribution is 0.107. The lowest BCUT2D eigenvalue weighted by atomic mass is 10.1. The van der Waals surface area contributed by atoms with Crippen LogP contribution in [0.25, 0.3) is 0 Å². The average Bonchev–Trinajstić information content (AvgIpc) is 2.40.